The molecule has 16 aromatic carbocycles. The molecule has 0 bridgehead atoms. The Bertz CT molecular complexity index is 5990. The summed E-state index contributed by atoms with van der Waals surface area (Å²) in [5.74, 6) is 0. The molecule has 0 fully saturated rings. The van der Waals surface area contributed by atoms with Gasteiger partial charge in [0, 0.05) is 60.8 Å². The highest BCUT2D eigenvalue weighted by Crippen LogP contribution is 2.58. The number of rotatable bonds is 12. The van der Waals surface area contributed by atoms with Crippen LogP contribution in [0.15, 0.2) is 261 Å². The fraction of sp³-hybridized carbons (Fsp3) is 0.223. The molecule has 0 amide bonds. The molecule has 0 N–H and O–H groups in total. The van der Waals surface area contributed by atoms with Crippen LogP contribution in [0.5, 0.6) is 0 Å². The van der Waals surface area contributed by atoms with Crippen molar-refractivity contribution in [1.29, 1.82) is 0 Å². The Morgan fingerprint density at radius 1 is 0.196 bits per heavy atom. The summed E-state index contributed by atoms with van der Waals surface area (Å²) in [5.41, 5.74) is 26.6. The molecule has 0 saturated carbocycles. The van der Waals surface area contributed by atoms with Gasteiger partial charge in [0.25, 0.3) is 0 Å². The molecule has 0 radical (unpaired) electrons. The van der Waals surface area contributed by atoms with E-state index in [4.69, 9.17) is 0 Å². The van der Waals surface area contributed by atoms with Gasteiger partial charge >= 0.3 is 0 Å². The fourth-order valence-corrected chi connectivity index (χ4v) is 17.4. The SMILES string of the molecule is Cc1cc2ccccc2cc1N(c1ccc(C(C)(C)C)cc1)c1cc(N(c2ccc(C(C)(C)C)cc2)c2c(C)cc3ccccc3c2C)c2ccc3c(N(c4ccc(C(C)(C)C)cc4)c4c(C)cc5ccccc5c4C)cc(N(c4ccc(C(C)(C)C)cc4)c4c(C)cc5ccccc5c4C)c4ccc1c2c43. The lowest BCUT2D eigenvalue weighted by atomic mass is 9.86. The number of aryl methyl sites for hydroxylation is 7. The molecule has 107 heavy (non-hydrogen) atoms. The van der Waals surface area contributed by atoms with Gasteiger partial charge in [0.1, 0.15) is 0 Å². The Kier molecular flexibility index (Phi) is 17.1. The third-order valence-electron chi connectivity index (χ3n) is 23.1. The van der Waals surface area contributed by atoms with Gasteiger partial charge in [-0.3, -0.25) is 0 Å². The summed E-state index contributed by atoms with van der Waals surface area (Å²) < 4.78 is 0. The van der Waals surface area contributed by atoms with Crippen molar-refractivity contribution in [2.45, 2.75) is 153 Å². The summed E-state index contributed by atoms with van der Waals surface area (Å²) in [7, 11) is 0. The molecule has 4 heteroatoms. The Morgan fingerprint density at radius 2 is 0.430 bits per heavy atom. The molecular weight excluding hydrogens is 1290 g/mol. The molecule has 0 aliphatic rings. The van der Waals surface area contributed by atoms with Gasteiger partial charge in [0.2, 0.25) is 0 Å². The topological polar surface area (TPSA) is 13.0 Å². The molecule has 532 valence electrons. The standard InChI is InChI=1S/C103H100N4/c1-63-56-70-28-20-21-29-71(70)60-90(63)104(79-44-36-75(37-45-79)100(8,9)10)91-61-92(105(80-46-38-76(39-47-80)101(11,12)13)97-64(2)57-72-30-22-25-33-83(72)67(97)5)87-54-55-89-94(107(82-50-42-78(43-51-82)103(17,18)19)99-66(4)59-74-32-24-27-35-85(74)69(99)7)62-93(88-53-52-86(91)95(87)96(88)89)106(81-48-40-77(41-49-81)102(14,15)16)98-65(3)58-73-31-23-26-34-84(73)68(98)6/h20-62H,1-19H3. The van der Waals surface area contributed by atoms with Gasteiger partial charge in [-0.1, -0.05) is 253 Å². The first-order valence-electron chi connectivity index (χ1n) is 38.4. The van der Waals surface area contributed by atoms with Crippen molar-refractivity contribution in [2.24, 2.45) is 0 Å². The third kappa shape index (κ3) is 12.2. The molecule has 4 nitrogen and oxygen atoms in total. The number of hydrogen-bond acceptors (Lipinski definition) is 4. The highest BCUT2D eigenvalue weighted by Gasteiger charge is 2.34. The summed E-state index contributed by atoms with van der Waals surface area (Å²) in [6.07, 6.45) is 0. The lowest BCUT2D eigenvalue weighted by Gasteiger charge is -2.37. The van der Waals surface area contributed by atoms with Crippen LogP contribution in [0.3, 0.4) is 0 Å². The van der Waals surface area contributed by atoms with Crippen molar-refractivity contribution in [1.82, 2.24) is 0 Å². The monoisotopic (exact) mass is 1390 g/mol. The van der Waals surface area contributed by atoms with Crippen LogP contribution < -0.4 is 19.6 Å². The van der Waals surface area contributed by atoms with Crippen molar-refractivity contribution in [3.63, 3.8) is 0 Å². The number of nitrogens with zero attached hydrogens (tertiary/aromatic N) is 4. The normalized spacial score (nSPS) is 12.4. The van der Waals surface area contributed by atoms with Gasteiger partial charge in [-0.2, -0.15) is 0 Å². The van der Waals surface area contributed by atoms with E-state index in [0.29, 0.717) is 0 Å². The second-order valence-electron chi connectivity index (χ2n) is 34.6. The molecule has 0 saturated heterocycles. The van der Waals surface area contributed by atoms with E-state index in [1.165, 1.54) is 115 Å². The third-order valence-corrected chi connectivity index (χ3v) is 23.1. The minimum Gasteiger partial charge on any atom is -0.310 e. The van der Waals surface area contributed by atoms with Crippen LogP contribution in [0.2, 0.25) is 0 Å². The first-order valence-corrected chi connectivity index (χ1v) is 38.4. The van der Waals surface area contributed by atoms with Crippen molar-refractivity contribution < 1.29 is 0 Å². The maximum Gasteiger partial charge on any atom is 0.0561 e. The van der Waals surface area contributed by atoms with Crippen LogP contribution in [0.25, 0.3) is 75.4 Å². The number of anilines is 12. The summed E-state index contributed by atoms with van der Waals surface area (Å²) in [4.78, 5) is 10.5. The average molecular weight is 1390 g/mol. The molecular formula is C103H100N4. The predicted octanol–water partition coefficient (Wildman–Crippen LogP) is 30.4. The smallest absolute Gasteiger partial charge is 0.0561 e. The number of hydrogen-bond donors (Lipinski definition) is 0. The lowest BCUT2D eigenvalue weighted by molar-refractivity contribution is 0.590. The van der Waals surface area contributed by atoms with Gasteiger partial charge in [0.15, 0.2) is 0 Å². The Morgan fingerprint density at radius 3 is 0.710 bits per heavy atom. The molecule has 0 aliphatic carbocycles. The lowest BCUT2D eigenvalue weighted by Crippen LogP contribution is -2.19. The molecule has 16 aromatic rings. The van der Waals surface area contributed by atoms with Gasteiger partial charge in [-0.25, -0.2) is 0 Å². The van der Waals surface area contributed by atoms with Crippen molar-refractivity contribution >= 4 is 144 Å². The zero-order chi connectivity index (χ0) is 75.1. The van der Waals surface area contributed by atoms with Crippen LogP contribution in [0.4, 0.5) is 68.2 Å². The average Bonchev–Trinajstić information content (AvgIpc) is 0.695. The minimum absolute atomic E-state index is 0.0741. The fourth-order valence-electron chi connectivity index (χ4n) is 17.4. The van der Waals surface area contributed by atoms with Crippen LogP contribution in [0.1, 0.15) is 144 Å². The zero-order valence-electron chi connectivity index (χ0n) is 66.1. The van der Waals surface area contributed by atoms with Crippen LogP contribution in [-0.2, 0) is 21.7 Å². The van der Waals surface area contributed by atoms with Crippen molar-refractivity contribution in [2.75, 3.05) is 19.6 Å². The van der Waals surface area contributed by atoms with Gasteiger partial charge in [-0.15, -0.1) is 0 Å². The number of benzene rings is 16. The van der Waals surface area contributed by atoms with E-state index in [-0.39, 0.29) is 21.7 Å². The van der Waals surface area contributed by atoms with E-state index in [2.05, 4.69) is 412 Å². The Labute approximate surface area is 634 Å². The molecule has 0 spiro atoms. The largest absolute Gasteiger partial charge is 0.310 e. The maximum atomic E-state index is 2.63. The summed E-state index contributed by atoms with van der Waals surface area (Å²) in [6.45, 7) is 44.1. The highest BCUT2D eigenvalue weighted by atomic mass is 15.2. The van der Waals surface area contributed by atoms with E-state index >= 15 is 0 Å². The van der Waals surface area contributed by atoms with Gasteiger partial charge in [-0.05, 0) is 265 Å². The van der Waals surface area contributed by atoms with E-state index in [0.717, 1.165) is 89.8 Å². The van der Waals surface area contributed by atoms with Crippen LogP contribution >= 0.6 is 0 Å². The van der Waals surface area contributed by atoms with Crippen LogP contribution in [-0.4, -0.2) is 0 Å². The first-order chi connectivity index (χ1) is 51.0. The van der Waals surface area contributed by atoms with E-state index in [9.17, 15) is 0 Å². The second kappa shape index (κ2) is 26.1. The van der Waals surface area contributed by atoms with Gasteiger partial charge < -0.3 is 19.6 Å². The minimum atomic E-state index is -0.0767. The van der Waals surface area contributed by atoms with E-state index < -0.39 is 0 Å². The Balaban J connectivity index is 1.15. The highest BCUT2D eigenvalue weighted by molar-refractivity contribution is 6.33. The van der Waals surface area contributed by atoms with E-state index in [1.807, 2.05) is 0 Å². The number of fused-ring (bicyclic) bond motifs is 4. The Hall–Kier alpha value is -11.2. The molecule has 0 aliphatic heterocycles. The maximum absolute atomic E-state index is 2.63. The quantitative estimate of drug-likeness (QED) is 0.113. The summed E-state index contributed by atoms with van der Waals surface area (Å²) in [6, 6.07) is 101. The molecule has 0 heterocycles. The summed E-state index contributed by atoms with van der Waals surface area (Å²) in [5, 5.41) is 16.7. The molecule has 0 aromatic heterocycles. The summed E-state index contributed by atoms with van der Waals surface area (Å²) >= 11 is 0. The molecule has 16 rings (SSSR count). The van der Waals surface area contributed by atoms with Gasteiger partial charge in [0.05, 0.1) is 39.8 Å². The zero-order valence-corrected chi connectivity index (χ0v) is 66.1. The molecule has 0 unspecified atom stereocenters. The van der Waals surface area contributed by atoms with Crippen molar-refractivity contribution in [3.05, 3.63) is 322 Å². The van der Waals surface area contributed by atoms with E-state index in [1.54, 1.807) is 0 Å². The first kappa shape index (κ1) is 70.1. The van der Waals surface area contributed by atoms with Crippen LogP contribution in [0, 0.1) is 48.5 Å². The van der Waals surface area contributed by atoms with Crippen molar-refractivity contribution in [3.8, 4) is 0 Å². The second-order valence-corrected chi connectivity index (χ2v) is 34.6. The molecule has 0 atom stereocenters. The predicted molar refractivity (Wildman–Crippen MR) is 467 cm³/mol.